The molecular formula is C17H27N3O. The predicted octanol–water partition coefficient (Wildman–Crippen LogP) is 3.46. The number of carbonyl (C=O) groups is 1. The molecule has 1 amide bonds. The van der Waals surface area contributed by atoms with Crippen LogP contribution in [0.2, 0.25) is 0 Å². The average Bonchev–Trinajstić information content (AvgIpc) is 2.51. The van der Waals surface area contributed by atoms with Crippen molar-refractivity contribution in [2.24, 2.45) is 11.8 Å². The molecule has 0 saturated heterocycles. The molecule has 1 aliphatic rings. The van der Waals surface area contributed by atoms with Crippen LogP contribution in [0.1, 0.15) is 56.3 Å². The van der Waals surface area contributed by atoms with Gasteiger partial charge in [0, 0.05) is 19.3 Å². The third-order valence-corrected chi connectivity index (χ3v) is 4.18. The first kappa shape index (κ1) is 15.8. The summed E-state index contributed by atoms with van der Waals surface area (Å²) in [6.07, 6.45) is 7.81. The highest BCUT2D eigenvalue weighted by atomic mass is 16.1. The van der Waals surface area contributed by atoms with Gasteiger partial charge in [0.2, 0.25) is 0 Å². The SMILES string of the molecule is CCCNc1ccc(C(=O)NCC2CCCC(C)C2)cn1. The van der Waals surface area contributed by atoms with Crippen LogP contribution in [0.3, 0.4) is 0 Å². The number of aromatic nitrogens is 1. The van der Waals surface area contributed by atoms with Crippen LogP contribution < -0.4 is 10.6 Å². The summed E-state index contributed by atoms with van der Waals surface area (Å²) in [5.74, 6) is 2.25. The van der Waals surface area contributed by atoms with Crippen molar-refractivity contribution in [2.45, 2.75) is 46.0 Å². The summed E-state index contributed by atoms with van der Waals surface area (Å²) in [6, 6.07) is 3.71. The van der Waals surface area contributed by atoms with Crippen LogP contribution in [0, 0.1) is 11.8 Å². The maximum absolute atomic E-state index is 12.1. The van der Waals surface area contributed by atoms with Gasteiger partial charge in [-0.3, -0.25) is 4.79 Å². The number of hydrogen-bond acceptors (Lipinski definition) is 3. The molecule has 1 aromatic rings. The monoisotopic (exact) mass is 289 g/mol. The summed E-state index contributed by atoms with van der Waals surface area (Å²) < 4.78 is 0. The summed E-state index contributed by atoms with van der Waals surface area (Å²) in [4.78, 5) is 16.4. The van der Waals surface area contributed by atoms with Gasteiger partial charge in [0.05, 0.1) is 5.56 Å². The Hall–Kier alpha value is -1.58. The quantitative estimate of drug-likeness (QED) is 0.843. The maximum Gasteiger partial charge on any atom is 0.252 e. The molecule has 4 nitrogen and oxygen atoms in total. The van der Waals surface area contributed by atoms with Crippen LogP contribution in [0.4, 0.5) is 5.82 Å². The number of amides is 1. The summed E-state index contributed by atoms with van der Waals surface area (Å²) in [6.45, 7) is 6.11. The number of anilines is 1. The molecule has 2 N–H and O–H groups in total. The molecule has 0 spiro atoms. The minimum absolute atomic E-state index is 0.0113. The lowest BCUT2D eigenvalue weighted by molar-refractivity contribution is 0.0940. The van der Waals surface area contributed by atoms with Crippen molar-refractivity contribution in [2.75, 3.05) is 18.4 Å². The Morgan fingerprint density at radius 1 is 1.38 bits per heavy atom. The summed E-state index contributed by atoms with van der Waals surface area (Å²) >= 11 is 0. The topological polar surface area (TPSA) is 54.0 Å². The highest BCUT2D eigenvalue weighted by Crippen LogP contribution is 2.27. The number of carbonyl (C=O) groups excluding carboxylic acids is 1. The largest absolute Gasteiger partial charge is 0.370 e. The first-order chi connectivity index (χ1) is 10.2. The second-order valence-corrected chi connectivity index (χ2v) is 6.21. The Kier molecular flexibility index (Phi) is 6.03. The third kappa shape index (κ3) is 5.03. The number of rotatable bonds is 6. The number of nitrogens with zero attached hydrogens (tertiary/aromatic N) is 1. The fourth-order valence-corrected chi connectivity index (χ4v) is 2.97. The van der Waals surface area contributed by atoms with Gasteiger partial charge >= 0.3 is 0 Å². The van der Waals surface area contributed by atoms with Crippen LogP contribution in [0.5, 0.6) is 0 Å². The lowest BCUT2D eigenvalue weighted by atomic mass is 9.82. The van der Waals surface area contributed by atoms with E-state index in [1.807, 2.05) is 12.1 Å². The predicted molar refractivity (Wildman–Crippen MR) is 86.5 cm³/mol. The molecule has 21 heavy (non-hydrogen) atoms. The minimum Gasteiger partial charge on any atom is -0.370 e. The molecule has 0 aromatic carbocycles. The lowest BCUT2D eigenvalue weighted by Crippen LogP contribution is -2.31. The molecule has 2 unspecified atom stereocenters. The van der Waals surface area contributed by atoms with E-state index in [-0.39, 0.29) is 5.91 Å². The molecule has 1 aromatic heterocycles. The molecule has 1 aliphatic carbocycles. The van der Waals surface area contributed by atoms with Crippen molar-refractivity contribution < 1.29 is 4.79 Å². The summed E-state index contributed by atoms with van der Waals surface area (Å²) in [5, 5.41) is 6.26. The number of nitrogens with one attached hydrogen (secondary N) is 2. The molecule has 4 heteroatoms. The highest BCUT2D eigenvalue weighted by Gasteiger charge is 2.19. The van der Waals surface area contributed by atoms with Gasteiger partial charge in [0.25, 0.3) is 5.91 Å². The fraction of sp³-hybridized carbons (Fsp3) is 0.647. The van der Waals surface area contributed by atoms with Crippen molar-refractivity contribution in [1.82, 2.24) is 10.3 Å². The lowest BCUT2D eigenvalue weighted by Gasteiger charge is -2.26. The molecule has 0 bridgehead atoms. The standard InChI is InChI=1S/C17H27N3O/c1-3-9-18-16-8-7-15(12-19-16)17(21)20-11-14-6-4-5-13(2)10-14/h7-8,12-14H,3-6,9-11H2,1-2H3,(H,18,19)(H,20,21). The zero-order chi connectivity index (χ0) is 15.1. The molecule has 0 radical (unpaired) electrons. The van der Waals surface area contributed by atoms with Crippen molar-refractivity contribution in [1.29, 1.82) is 0 Å². The minimum atomic E-state index is -0.0113. The van der Waals surface area contributed by atoms with Gasteiger partial charge in [-0.05, 0) is 43.2 Å². The molecule has 2 rings (SSSR count). The molecule has 0 aliphatic heterocycles. The second-order valence-electron chi connectivity index (χ2n) is 6.21. The van der Waals surface area contributed by atoms with E-state index < -0.39 is 0 Å². The Bertz CT molecular complexity index is 444. The highest BCUT2D eigenvalue weighted by molar-refractivity contribution is 5.94. The fourth-order valence-electron chi connectivity index (χ4n) is 2.97. The van der Waals surface area contributed by atoms with Gasteiger partial charge in [-0.1, -0.05) is 26.7 Å². The number of pyridine rings is 1. The summed E-state index contributed by atoms with van der Waals surface area (Å²) in [7, 11) is 0. The molecule has 1 saturated carbocycles. The van der Waals surface area contributed by atoms with Crippen molar-refractivity contribution in [3.8, 4) is 0 Å². The van der Waals surface area contributed by atoms with Gasteiger partial charge in [-0.15, -0.1) is 0 Å². The Morgan fingerprint density at radius 3 is 2.90 bits per heavy atom. The van der Waals surface area contributed by atoms with Crippen LogP contribution in [-0.4, -0.2) is 24.0 Å². The molecule has 116 valence electrons. The van der Waals surface area contributed by atoms with Crippen molar-refractivity contribution in [3.63, 3.8) is 0 Å². The number of hydrogen-bond donors (Lipinski definition) is 2. The second kappa shape index (κ2) is 8.01. The Balaban J connectivity index is 1.79. The van der Waals surface area contributed by atoms with E-state index in [0.29, 0.717) is 11.5 Å². The molecule has 1 heterocycles. The normalized spacial score (nSPS) is 21.8. The van der Waals surface area contributed by atoms with E-state index in [1.165, 1.54) is 25.7 Å². The zero-order valence-electron chi connectivity index (χ0n) is 13.2. The van der Waals surface area contributed by atoms with E-state index in [0.717, 1.165) is 31.2 Å². The van der Waals surface area contributed by atoms with Gasteiger partial charge in [-0.25, -0.2) is 4.98 Å². The van der Waals surface area contributed by atoms with Crippen molar-refractivity contribution >= 4 is 11.7 Å². The van der Waals surface area contributed by atoms with Crippen molar-refractivity contribution in [3.05, 3.63) is 23.9 Å². The van der Waals surface area contributed by atoms with E-state index in [2.05, 4.69) is 29.5 Å². The van der Waals surface area contributed by atoms with Gasteiger partial charge in [0.1, 0.15) is 5.82 Å². The van der Waals surface area contributed by atoms with E-state index >= 15 is 0 Å². The van der Waals surface area contributed by atoms with E-state index in [9.17, 15) is 4.79 Å². The van der Waals surface area contributed by atoms with Crippen LogP contribution in [0.25, 0.3) is 0 Å². The van der Waals surface area contributed by atoms with Crippen LogP contribution >= 0.6 is 0 Å². The molecule has 2 atom stereocenters. The molecular weight excluding hydrogens is 262 g/mol. The Morgan fingerprint density at radius 2 is 2.24 bits per heavy atom. The third-order valence-electron chi connectivity index (χ3n) is 4.18. The van der Waals surface area contributed by atoms with E-state index in [4.69, 9.17) is 0 Å². The van der Waals surface area contributed by atoms with Gasteiger partial charge in [0.15, 0.2) is 0 Å². The Labute approximate surface area is 127 Å². The van der Waals surface area contributed by atoms with E-state index in [1.54, 1.807) is 6.20 Å². The molecule has 1 fully saturated rings. The maximum atomic E-state index is 12.1. The zero-order valence-corrected chi connectivity index (χ0v) is 13.2. The first-order valence-corrected chi connectivity index (χ1v) is 8.17. The summed E-state index contributed by atoms with van der Waals surface area (Å²) in [5.41, 5.74) is 0.640. The van der Waals surface area contributed by atoms with Gasteiger partial charge < -0.3 is 10.6 Å². The van der Waals surface area contributed by atoms with Crippen LogP contribution in [0.15, 0.2) is 18.3 Å². The van der Waals surface area contributed by atoms with Crippen LogP contribution in [-0.2, 0) is 0 Å². The first-order valence-electron chi connectivity index (χ1n) is 8.17. The smallest absolute Gasteiger partial charge is 0.252 e. The van der Waals surface area contributed by atoms with Gasteiger partial charge in [-0.2, -0.15) is 0 Å². The average molecular weight is 289 g/mol.